The van der Waals surface area contributed by atoms with Crippen LogP contribution < -0.4 is 0 Å². The van der Waals surface area contributed by atoms with Gasteiger partial charge in [0.05, 0.1) is 67.8 Å². The number of aromatic nitrogens is 4. The molecule has 0 saturated carbocycles. The summed E-state index contributed by atoms with van der Waals surface area (Å²) < 4.78 is 34.6. The topological polar surface area (TPSA) is 59.4 Å². The van der Waals surface area contributed by atoms with Crippen molar-refractivity contribution in [3.05, 3.63) is 230 Å². The van der Waals surface area contributed by atoms with Crippen LogP contribution in [0.15, 0.2) is 212 Å². The molecular formula is C59H35F2N5. The molecule has 0 spiro atoms. The second-order valence-corrected chi connectivity index (χ2v) is 16.4. The predicted molar refractivity (Wildman–Crippen MR) is 263 cm³/mol. The molecule has 0 aliphatic rings. The maximum atomic E-state index is 15.1. The molecule has 7 heteroatoms. The molecule has 310 valence electrons. The Bertz CT molecular complexity index is 3900. The van der Waals surface area contributed by atoms with Crippen molar-refractivity contribution in [1.82, 2.24) is 19.1 Å². The molecule has 0 bridgehead atoms. The van der Waals surface area contributed by atoms with Crippen LogP contribution in [-0.4, -0.2) is 19.1 Å². The summed E-state index contributed by atoms with van der Waals surface area (Å²) >= 11 is 0. The van der Waals surface area contributed by atoms with Gasteiger partial charge >= 0.3 is 0 Å². The summed E-state index contributed by atoms with van der Waals surface area (Å²) in [6.07, 6.45) is 0. The van der Waals surface area contributed by atoms with Crippen molar-refractivity contribution in [2.45, 2.75) is 0 Å². The van der Waals surface area contributed by atoms with Gasteiger partial charge in [-0.3, -0.25) is 0 Å². The van der Waals surface area contributed by atoms with Crippen LogP contribution in [0.5, 0.6) is 0 Å². The maximum absolute atomic E-state index is 15.1. The van der Waals surface area contributed by atoms with Crippen LogP contribution in [0.1, 0.15) is 5.56 Å². The summed E-state index contributed by atoms with van der Waals surface area (Å²) in [6.45, 7) is 0. The number of fused-ring (bicyclic) bond motifs is 6. The molecule has 0 aliphatic heterocycles. The van der Waals surface area contributed by atoms with Gasteiger partial charge in [0.1, 0.15) is 11.6 Å². The summed E-state index contributed by atoms with van der Waals surface area (Å²) in [4.78, 5) is 10.2. The minimum Gasteiger partial charge on any atom is -0.307 e. The van der Waals surface area contributed by atoms with E-state index in [4.69, 9.17) is 9.97 Å². The summed E-state index contributed by atoms with van der Waals surface area (Å²) in [7, 11) is 0. The number of nitriles is 1. The number of hydrogen-bond acceptors (Lipinski definition) is 3. The van der Waals surface area contributed by atoms with Gasteiger partial charge in [0.25, 0.3) is 0 Å². The first kappa shape index (κ1) is 38.7. The van der Waals surface area contributed by atoms with Crippen molar-refractivity contribution in [2.75, 3.05) is 0 Å². The van der Waals surface area contributed by atoms with E-state index in [1.165, 1.54) is 12.1 Å². The van der Waals surface area contributed by atoms with Crippen molar-refractivity contribution in [1.29, 1.82) is 5.26 Å². The molecule has 0 aliphatic carbocycles. The molecule has 0 saturated heterocycles. The molecule has 0 N–H and O–H groups in total. The molecule has 0 radical (unpaired) electrons. The third-order valence-corrected chi connectivity index (χ3v) is 12.5. The second-order valence-electron chi connectivity index (χ2n) is 16.4. The second kappa shape index (κ2) is 15.7. The Morgan fingerprint density at radius 1 is 0.348 bits per heavy atom. The first-order valence-electron chi connectivity index (χ1n) is 21.7. The summed E-state index contributed by atoms with van der Waals surface area (Å²) in [5.74, 6) is -1.46. The van der Waals surface area contributed by atoms with Gasteiger partial charge in [0.2, 0.25) is 0 Å². The Balaban J connectivity index is 1.16. The van der Waals surface area contributed by atoms with Gasteiger partial charge in [-0.15, -0.1) is 0 Å². The van der Waals surface area contributed by atoms with Crippen LogP contribution in [0.3, 0.4) is 0 Å². The van der Waals surface area contributed by atoms with Crippen molar-refractivity contribution in [3.63, 3.8) is 0 Å². The quantitative estimate of drug-likeness (QED) is 0.160. The van der Waals surface area contributed by atoms with Gasteiger partial charge in [-0.05, 0) is 78.4 Å². The molecule has 66 heavy (non-hydrogen) atoms. The van der Waals surface area contributed by atoms with Crippen molar-refractivity contribution in [3.8, 4) is 73.6 Å². The fourth-order valence-electron chi connectivity index (χ4n) is 9.48. The van der Waals surface area contributed by atoms with Crippen molar-refractivity contribution >= 4 is 43.6 Å². The van der Waals surface area contributed by atoms with Gasteiger partial charge in [0.15, 0.2) is 0 Å². The lowest BCUT2D eigenvalue weighted by molar-refractivity contribution is 0.584. The van der Waals surface area contributed by atoms with Crippen LogP contribution in [0.2, 0.25) is 0 Å². The Hall–Kier alpha value is -8.99. The molecule has 0 atom stereocenters. The number of rotatable bonds is 7. The molecule has 4 heterocycles. The van der Waals surface area contributed by atoms with Gasteiger partial charge in [-0.25, -0.2) is 18.7 Å². The van der Waals surface area contributed by atoms with E-state index in [2.05, 4.69) is 100 Å². The zero-order valence-electron chi connectivity index (χ0n) is 35.2. The monoisotopic (exact) mass is 851 g/mol. The van der Waals surface area contributed by atoms with Gasteiger partial charge in [-0.2, -0.15) is 5.26 Å². The molecule has 4 aromatic heterocycles. The third-order valence-electron chi connectivity index (χ3n) is 12.5. The van der Waals surface area contributed by atoms with Crippen molar-refractivity contribution < 1.29 is 8.78 Å². The van der Waals surface area contributed by atoms with Crippen LogP contribution in [0.4, 0.5) is 8.78 Å². The lowest BCUT2D eigenvalue weighted by atomic mass is 9.97. The third kappa shape index (κ3) is 6.51. The highest BCUT2D eigenvalue weighted by Crippen LogP contribution is 2.43. The lowest BCUT2D eigenvalue weighted by Crippen LogP contribution is -2.06. The normalized spacial score (nSPS) is 11.5. The van der Waals surface area contributed by atoms with Gasteiger partial charge < -0.3 is 9.13 Å². The number of hydrogen-bond donors (Lipinski definition) is 0. The summed E-state index contributed by atoms with van der Waals surface area (Å²) in [6, 6.07) is 71.2. The maximum Gasteiger partial charge on any atom is 0.126 e. The molecule has 12 rings (SSSR count). The van der Waals surface area contributed by atoms with E-state index in [-0.39, 0.29) is 11.1 Å². The van der Waals surface area contributed by atoms with E-state index in [0.717, 1.165) is 94.7 Å². The SMILES string of the molecule is N#Cc1cc(-n2c3ccccc3c3ccc(-c4cccc(-c5ccccc5)n4)cc32)c(-n2c3ccccc3c3ccc(-c4cccc(-c5ccccc5)n4)cc32)cc1-c1cc(F)cc(F)c1. The molecule has 12 aromatic rings. The van der Waals surface area contributed by atoms with Crippen LogP contribution in [-0.2, 0) is 0 Å². The first-order chi connectivity index (χ1) is 32.5. The van der Waals surface area contributed by atoms with E-state index in [9.17, 15) is 5.26 Å². The molecule has 8 aromatic carbocycles. The van der Waals surface area contributed by atoms with E-state index in [1.54, 1.807) is 0 Å². The Morgan fingerprint density at radius 2 is 0.773 bits per heavy atom. The minimum atomic E-state index is -0.730. The number of pyridine rings is 2. The summed E-state index contributed by atoms with van der Waals surface area (Å²) in [5, 5.41) is 15.0. The number of halogens is 2. The minimum absolute atomic E-state index is 0.258. The molecule has 0 unspecified atom stereocenters. The van der Waals surface area contributed by atoms with Gasteiger partial charge in [-0.1, -0.05) is 133 Å². The van der Waals surface area contributed by atoms with E-state index in [1.807, 2.05) is 109 Å². The van der Waals surface area contributed by atoms with Crippen molar-refractivity contribution in [2.24, 2.45) is 0 Å². The average Bonchev–Trinajstić information content (AvgIpc) is 3.88. The highest BCUT2D eigenvalue weighted by Gasteiger charge is 2.24. The van der Waals surface area contributed by atoms with Crippen LogP contribution >= 0.6 is 0 Å². The largest absolute Gasteiger partial charge is 0.307 e. The molecule has 5 nitrogen and oxygen atoms in total. The number of para-hydroxylation sites is 2. The van der Waals surface area contributed by atoms with E-state index in [0.29, 0.717) is 16.9 Å². The Morgan fingerprint density at radius 3 is 1.26 bits per heavy atom. The van der Waals surface area contributed by atoms with Gasteiger partial charge in [0, 0.05) is 55.4 Å². The standard InChI is InChI=1S/C59H35F2N5/c60-43-29-41(30-44(61)34-43)49-35-59(66-55-24-10-8-18-46(55)48-28-26-40(32-57(48)66)53-22-12-20-51(64-53)38-15-5-2-6-16-38)58(33-42(49)36-62)65-54-23-9-7-17-45(54)47-27-25-39(31-56(47)65)52-21-11-19-50(63-52)37-13-3-1-4-14-37/h1-35H. The van der Waals surface area contributed by atoms with E-state index < -0.39 is 11.6 Å². The van der Waals surface area contributed by atoms with E-state index >= 15 is 8.78 Å². The molecular weight excluding hydrogens is 817 g/mol. The predicted octanol–water partition coefficient (Wildman–Crippen LogP) is 15.2. The number of nitrogens with zero attached hydrogens (tertiary/aromatic N) is 5. The average molecular weight is 852 g/mol. The highest BCUT2D eigenvalue weighted by atomic mass is 19.1. The summed E-state index contributed by atoms with van der Waals surface area (Å²) in [5.41, 5.74) is 13.2. The van der Waals surface area contributed by atoms with Crippen LogP contribution in [0.25, 0.3) is 111 Å². The first-order valence-corrected chi connectivity index (χ1v) is 21.7. The Kier molecular flexibility index (Phi) is 9.18. The smallest absolute Gasteiger partial charge is 0.126 e. The molecule has 0 amide bonds. The van der Waals surface area contributed by atoms with Crippen LogP contribution in [0, 0.1) is 23.0 Å². The Labute approximate surface area is 378 Å². The zero-order chi connectivity index (χ0) is 44.3. The molecule has 0 fully saturated rings. The lowest BCUT2D eigenvalue weighted by Gasteiger charge is -2.20. The highest BCUT2D eigenvalue weighted by molar-refractivity contribution is 6.13. The number of benzene rings is 8. The fourth-order valence-corrected chi connectivity index (χ4v) is 9.48. The zero-order valence-corrected chi connectivity index (χ0v) is 35.2. The fraction of sp³-hybridized carbons (Fsp3) is 0.